The van der Waals surface area contributed by atoms with Crippen molar-refractivity contribution in [2.75, 3.05) is 0 Å². The van der Waals surface area contributed by atoms with E-state index in [1.54, 1.807) is 6.92 Å². The summed E-state index contributed by atoms with van der Waals surface area (Å²) >= 11 is 0. The first kappa shape index (κ1) is 17.0. The molecule has 2 rings (SSSR count). The molecule has 2 atom stereocenters. The Morgan fingerprint density at radius 1 is 1.13 bits per heavy atom. The molecule has 124 valence electrons. The van der Waals surface area contributed by atoms with Gasteiger partial charge in [0.25, 0.3) is 5.56 Å². The minimum absolute atomic E-state index is 0.209. The topological polar surface area (TPSA) is 90.2 Å². The Morgan fingerprint density at radius 3 is 2.30 bits per heavy atom. The van der Waals surface area contributed by atoms with E-state index in [1.165, 1.54) is 14.1 Å². The second-order valence-corrected chi connectivity index (χ2v) is 5.93. The van der Waals surface area contributed by atoms with Crippen molar-refractivity contribution in [3.8, 4) is 5.88 Å². The van der Waals surface area contributed by atoms with Crippen LogP contribution in [0.1, 0.15) is 30.4 Å². The van der Waals surface area contributed by atoms with E-state index >= 15 is 0 Å². The van der Waals surface area contributed by atoms with E-state index in [1.807, 2.05) is 30.3 Å². The minimum Gasteiger partial charge on any atom is -0.494 e. The Balaban J connectivity index is 2.43. The maximum Gasteiger partial charge on any atom is 0.333 e. The second-order valence-electron chi connectivity index (χ2n) is 5.93. The highest BCUT2D eigenvalue weighted by Gasteiger charge is 2.26. The molecule has 1 aromatic heterocycles. The second kappa shape index (κ2) is 6.83. The summed E-state index contributed by atoms with van der Waals surface area (Å²) in [4.78, 5) is 24.3. The standard InChI is InChI=1S/C17H23N3O3/c1-11(18)13(10-9-12-7-5-4-6-8-12)14-15(21)19(2)17(23)20(3)16(14)22/h4-8,11,13,21H,9-10,18H2,1-3H3. The highest BCUT2D eigenvalue weighted by Crippen LogP contribution is 2.27. The normalized spacial score (nSPS) is 13.7. The molecule has 0 aliphatic rings. The van der Waals surface area contributed by atoms with E-state index in [-0.39, 0.29) is 23.4 Å². The van der Waals surface area contributed by atoms with Gasteiger partial charge in [-0.15, -0.1) is 0 Å². The van der Waals surface area contributed by atoms with Gasteiger partial charge >= 0.3 is 5.69 Å². The number of aromatic nitrogens is 2. The zero-order valence-corrected chi connectivity index (χ0v) is 13.7. The van der Waals surface area contributed by atoms with Crippen LogP contribution in [0.15, 0.2) is 39.9 Å². The maximum absolute atomic E-state index is 12.5. The first-order valence-corrected chi connectivity index (χ1v) is 7.63. The first-order chi connectivity index (χ1) is 10.8. The van der Waals surface area contributed by atoms with Crippen LogP contribution >= 0.6 is 0 Å². The number of hydrogen-bond acceptors (Lipinski definition) is 4. The molecule has 0 radical (unpaired) electrons. The molecule has 0 bridgehead atoms. The van der Waals surface area contributed by atoms with E-state index < -0.39 is 11.2 Å². The Morgan fingerprint density at radius 2 is 1.74 bits per heavy atom. The van der Waals surface area contributed by atoms with Gasteiger partial charge in [0.2, 0.25) is 5.88 Å². The molecule has 0 amide bonds. The van der Waals surface area contributed by atoms with E-state index in [4.69, 9.17) is 5.73 Å². The number of hydrogen-bond donors (Lipinski definition) is 2. The summed E-state index contributed by atoms with van der Waals surface area (Å²) in [5, 5.41) is 10.3. The lowest BCUT2D eigenvalue weighted by molar-refractivity contribution is 0.385. The van der Waals surface area contributed by atoms with Crippen molar-refractivity contribution in [3.05, 3.63) is 62.3 Å². The fraction of sp³-hybridized carbons (Fsp3) is 0.412. The minimum atomic E-state index is -0.553. The van der Waals surface area contributed by atoms with Crippen molar-refractivity contribution >= 4 is 0 Å². The van der Waals surface area contributed by atoms with Crippen LogP contribution in [0.4, 0.5) is 0 Å². The zero-order chi connectivity index (χ0) is 17.1. The van der Waals surface area contributed by atoms with Gasteiger partial charge in [0.15, 0.2) is 0 Å². The number of rotatable bonds is 5. The summed E-state index contributed by atoms with van der Waals surface area (Å²) in [5.74, 6) is -0.630. The lowest BCUT2D eigenvalue weighted by Crippen LogP contribution is -2.41. The van der Waals surface area contributed by atoms with E-state index in [9.17, 15) is 14.7 Å². The number of nitrogens with two attached hydrogens (primary N) is 1. The molecule has 3 N–H and O–H groups in total. The van der Waals surface area contributed by atoms with Crippen molar-refractivity contribution in [1.29, 1.82) is 0 Å². The quantitative estimate of drug-likeness (QED) is 0.855. The summed E-state index contributed by atoms with van der Waals surface area (Å²) in [6.45, 7) is 1.81. The highest BCUT2D eigenvalue weighted by atomic mass is 16.3. The number of nitrogens with zero attached hydrogens (tertiary/aromatic N) is 2. The van der Waals surface area contributed by atoms with Crippen LogP contribution < -0.4 is 17.0 Å². The maximum atomic E-state index is 12.5. The van der Waals surface area contributed by atoms with Gasteiger partial charge in [-0.05, 0) is 25.3 Å². The molecule has 1 heterocycles. The van der Waals surface area contributed by atoms with E-state index in [2.05, 4.69) is 0 Å². The Bertz CT molecular complexity index is 791. The summed E-state index contributed by atoms with van der Waals surface area (Å²) in [5.41, 5.74) is 6.37. The molecule has 0 saturated heterocycles. The fourth-order valence-corrected chi connectivity index (χ4v) is 2.82. The molecule has 23 heavy (non-hydrogen) atoms. The molecule has 0 saturated carbocycles. The molecule has 1 aromatic carbocycles. The SMILES string of the molecule is CC(N)C(CCc1ccccc1)c1c(O)n(C)c(=O)n(C)c1=O. The van der Waals surface area contributed by atoms with Crippen LogP contribution in [0, 0.1) is 0 Å². The summed E-state index contributed by atoms with van der Waals surface area (Å²) < 4.78 is 2.08. The number of aryl methyl sites for hydroxylation is 1. The van der Waals surface area contributed by atoms with Gasteiger partial charge < -0.3 is 10.8 Å². The predicted molar refractivity (Wildman–Crippen MR) is 89.7 cm³/mol. The zero-order valence-electron chi connectivity index (χ0n) is 13.7. The highest BCUT2D eigenvalue weighted by molar-refractivity contribution is 5.29. The third-order valence-electron chi connectivity index (χ3n) is 4.26. The van der Waals surface area contributed by atoms with Crippen molar-refractivity contribution in [3.63, 3.8) is 0 Å². The molecule has 2 unspecified atom stereocenters. The first-order valence-electron chi connectivity index (χ1n) is 7.63. The molecular formula is C17H23N3O3. The largest absolute Gasteiger partial charge is 0.494 e. The van der Waals surface area contributed by atoms with Crippen molar-refractivity contribution in [1.82, 2.24) is 9.13 Å². The average molecular weight is 317 g/mol. The molecule has 0 spiro atoms. The average Bonchev–Trinajstić information content (AvgIpc) is 2.54. The molecule has 0 aliphatic heterocycles. The van der Waals surface area contributed by atoms with Crippen LogP contribution in [0.5, 0.6) is 5.88 Å². The van der Waals surface area contributed by atoms with Crippen LogP contribution in [0.25, 0.3) is 0 Å². The van der Waals surface area contributed by atoms with Crippen molar-refractivity contribution in [2.24, 2.45) is 19.8 Å². The van der Waals surface area contributed by atoms with Gasteiger partial charge in [0.05, 0.1) is 5.56 Å². The molecular weight excluding hydrogens is 294 g/mol. The van der Waals surface area contributed by atoms with Gasteiger partial charge in [-0.1, -0.05) is 30.3 Å². The molecule has 6 nitrogen and oxygen atoms in total. The van der Waals surface area contributed by atoms with Crippen LogP contribution in [-0.4, -0.2) is 20.3 Å². The van der Waals surface area contributed by atoms with Gasteiger partial charge in [-0.25, -0.2) is 4.79 Å². The predicted octanol–water partition coefficient (Wildman–Crippen LogP) is 0.853. The molecule has 0 fully saturated rings. The number of benzene rings is 1. The summed E-state index contributed by atoms with van der Waals surface area (Å²) in [6, 6.07) is 9.56. The van der Waals surface area contributed by atoms with Crippen LogP contribution in [0.3, 0.4) is 0 Å². The third kappa shape index (κ3) is 3.37. The van der Waals surface area contributed by atoms with Crippen molar-refractivity contribution < 1.29 is 5.11 Å². The Labute approximate surface area is 134 Å². The lowest BCUT2D eigenvalue weighted by Gasteiger charge is -2.22. The number of aromatic hydroxyl groups is 1. The van der Waals surface area contributed by atoms with Gasteiger partial charge in [-0.3, -0.25) is 13.9 Å². The van der Waals surface area contributed by atoms with Gasteiger partial charge in [0.1, 0.15) is 0 Å². The lowest BCUT2D eigenvalue weighted by atomic mass is 9.88. The molecule has 2 aromatic rings. The third-order valence-corrected chi connectivity index (χ3v) is 4.26. The Kier molecular flexibility index (Phi) is 5.05. The summed E-state index contributed by atoms with van der Waals surface area (Å²) in [7, 11) is 2.85. The van der Waals surface area contributed by atoms with E-state index in [0.29, 0.717) is 6.42 Å². The monoisotopic (exact) mass is 317 g/mol. The van der Waals surface area contributed by atoms with Gasteiger partial charge in [0, 0.05) is 26.1 Å². The van der Waals surface area contributed by atoms with E-state index in [0.717, 1.165) is 21.1 Å². The van der Waals surface area contributed by atoms with Crippen molar-refractivity contribution in [2.45, 2.75) is 31.7 Å². The van der Waals surface area contributed by atoms with Gasteiger partial charge in [-0.2, -0.15) is 0 Å². The van der Waals surface area contributed by atoms with Crippen LogP contribution in [-0.2, 0) is 20.5 Å². The fourth-order valence-electron chi connectivity index (χ4n) is 2.82. The smallest absolute Gasteiger partial charge is 0.333 e. The molecule has 0 aliphatic carbocycles. The Hall–Kier alpha value is -2.34. The van der Waals surface area contributed by atoms with Crippen LogP contribution in [0.2, 0.25) is 0 Å². The molecule has 6 heteroatoms. The summed E-state index contributed by atoms with van der Waals surface area (Å²) in [6.07, 6.45) is 1.35.